The Labute approximate surface area is 127 Å². The van der Waals surface area contributed by atoms with Crippen LogP contribution in [0.25, 0.3) is 0 Å². The number of nitrogens with zero attached hydrogens (tertiary/aromatic N) is 1. The standard InChI is InChI=1S/C18H25FN2/c1-4-10-20-14(3)17-12-16(19)8-9-18(17)21(11-5-2)13-15-6-7-15/h2,8-9,12,14-15,20H,4,6-7,10-11,13H2,1,3H3. The van der Waals surface area contributed by atoms with E-state index in [4.69, 9.17) is 6.42 Å². The van der Waals surface area contributed by atoms with Gasteiger partial charge in [-0.3, -0.25) is 0 Å². The van der Waals surface area contributed by atoms with Crippen LogP contribution in [0.5, 0.6) is 0 Å². The van der Waals surface area contributed by atoms with E-state index in [9.17, 15) is 4.39 Å². The van der Waals surface area contributed by atoms with E-state index in [2.05, 4.69) is 30.0 Å². The zero-order valence-corrected chi connectivity index (χ0v) is 13.0. The van der Waals surface area contributed by atoms with E-state index < -0.39 is 0 Å². The normalized spacial score (nSPS) is 15.5. The van der Waals surface area contributed by atoms with Gasteiger partial charge < -0.3 is 10.2 Å². The average molecular weight is 288 g/mol. The second-order valence-corrected chi connectivity index (χ2v) is 5.91. The summed E-state index contributed by atoms with van der Waals surface area (Å²) in [5, 5.41) is 3.44. The molecule has 0 saturated heterocycles. The first kappa shape index (κ1) is 15.9. The number of hydrogen-bond acceptors (Lipinski definition) is 2. The van der Waals surface area contributed by atoms with Crippen LogP contribution in [-0.4, -0.2) is 19.6 Å². The molecule has 1 N–H and O–H groups in total. The maximum absolute atomic E-state index is 13.7. The first-order chi connectivity index (χ1) is 10.2. The van der Waals surface area contributed by atoms with Crippen molar-refractivity contribution in [2.24, 2.45) is 5.92 Å². The molecule has 2 nitrogen and oxygen atoms in total. The minimum absolute atomic E-state index is 0.120. The molecule has 3 heteroatoms. The van der Waals surface area contributed by atoms with Crippen LogP contribution >= 0.6 is 0 Å². The number of hydrogen-bond donors (Lipinski definition) is 1. The second-order valence-electron chi connectivity index (χ2n) is 5.91. The largest absolute Gasteiger partial charge is 0.360 e. The highest BCUT2D eigenvalue weighted by atomic mass is 19.1. The maximum atomic E-state index is 13.7. The molecule has 1 aliphatic carbocycles. The fourth-order valence-electron chi connectivity index (χ4n) is 2.60. The summed E-state index contributed by atoms with van der Waals surface area (Å²) in [6.07, 6.45) is 9.14. The molecule has 0 aromatic heterocycles. The highest BCUT2D eigenvalue weighted by molar-refractivity contribution is 5.56. The molecule has 114 valence electrons. The van der Waals surface area contributed by atoms with Crippen molar-refractivity contribution >= 4 is 5.69 Å². The minimum Gasteiger partial charge on any atom is -0.360 e. The van der Waals surface area contributed by atoms with Crippen molar-refractivity contribution in [1.29, 1.82) is 0 Å². The predicted molar refractivity (Wildman–Crippen MR) is 86.9 cm³/mol. The van der Waals surface area contributed by atoms with Crippen molar-refractivity contribution in [3.05, 3.63) is 29.6 Å². The number of terminal acetylenes is 1. The van der Waals surface area contributed by atoms with Gasteiger partial charge in [0, 0.05) is 18.3 Å². The SMILES string of the molecule is C#CCN(CC1CC1)c1ccc(F)cc1C(C)NCCC. The van der Waals surface area contributed by atoms with Crippen molar-refractivity contribution in [2.75, 3.05) is 24.5 Å². The zero-order valence-electron chi connectivity index (χ0n) is 13.0. The third-order valence-corrected chi connectivity index (χ3v) is 3.95. The molecular formula is C18H25FN2. The summed E-state index contributed by atoms with van der Waals surface area (Å²) in [6.45, 7) is 6.69. The molecule has 1 aromatic carbocycles. The van der Waals surface area contributed by atoms with E-state index >= 15 is 0 Å². The number of benzene rings is 1. The Kier molecular flexibility index (Phi) is 5.64. The quantitative estimate of drug-likeness (QED) is 0.733. The Bertz CT molecular complexity index is 502. The molecule has 2 rings (SSSR count). The van der Waals surface area contributed by atoms with E-state index in [-0.39, 0.29) is 11.9 Å². The zero-order chi connectivity index (χ0) is 15.2. The molecule has 1 aliphatic rings. The lowest BCUT2D eigenvalue weighted by Crippen LogP contribution is -2.29. The number of rotatable bonds is 8. The van der Waals surface area contributed by atoms with Gasteiger partial charge in [0.2, 0.25) is 0 Å². The van der Waals surface area contributed by atoms with Crippen LogP contribution in [0, 0.1) is 24.1 Å². The molecule has 21 heavy (non-hydrogen) atoms. The summed E-state index contributed by atoms with van der Waals surface area (Å²) in [6, 6.07) is 5.16. The Morgan fingerprint density at radius 3 is 2.86 bits per heavy atom. The van der Waals surface area contributed by atoms with Crippen LogP contribution in [0.1, 0.15) is 44.7 Å². The molecular weight excluding hydrogens is 263 g/mol. The minimum atomic E-state index is -0.189. The Balaban J connectivity index is 2.24. The van der Waals surface area contributed by atoms with Crippen molar-refractivity contribution in [2.45, 2.75) is 39.2 Å². The van der Waals surface area contributed by atoms with Crippen molar-refractivity contribution < 1.29 is 4.39 Å². The lowest BCUT2D eigenvalue weighted by Gasteiger charge is -2.28. The Hall–Kier alpha value is -1.53. The van der Waals surface area contributed by atoms with E-state index in [1.165, 1.54) is 18.9 Å². The average Bonchev–Trinajstić information content (AvgIpc) is 3.28. The van der Waals surface area contributed by atoms with Gasteiger partial charge >= 0.3 is 0 Å². The van der Waals surface area contributed by atoms with Gasteiger partial charge in [-0.15, -0.1) is 6.42 Å². The van der Waals surface area contributed by atoms with Crippen molar-refractivity contribution in [1.82, 2.24) is 5.32 Å². The number of halogens is 1. The topological polar surface area (TPSA) is 15.3 Å². The molecule has 0 amide bonds. The highest BCUT2D eigenvalue weighted by Gasteiger charge is 2.26. The Morgan fingerprint density at radius 1 is 1.48 bits per heavy atom. The molecule has 1 atom stereocenters. The van der Waals surface area contributed by atoms with E-state index in [1.807, 2.05) is 6.07 Å². The van der Waals surface area contributed by atoms with E-state index in [0.717, 1.165) is 36.7 Å². The molecule has 0 aliphatic heterocycles. The third-order valence-electron chi connectivity index (χ3n) is 3.95. The van der Waals surface area contributed by atoms with Gasteiger partial charge in [0.25, 0.3) is 0 Å². The van der Waals surface area contributed by atoms with Crippen LogP contribution in [0.15, 0.2) is 18.2 Å². The van der Waals surface area contributed by atoms with E-state index in [1.54, 1.807) is 6.07 Å². The van der Waals surface area contributed by atoms with Crippen molar-refractivity contribution in [3.8, 4) is 12.3 Å². The van der Waals surface area contributed by atoms with Crippen LogP contribution in [0.4, 0.5) is 10.1 Å². The lowest BCUT2D eigenvalue weighted by atomic mass is 10.0. The molecule has 0 radical (unpaired) electrons. The second kappa shape index (κ2) is 7.47. The van der Waals surface area contributed by atoms with Gasteiger partial charge in [-0.1, -0.05) is 12.8 Å². The van der Waals surface area contributed by atoms with Gasteiger partial charge in [-0.25, -0.2) is 4.39 Å². The summed E-state index contributed by atoms with van der Waals surface area (Å²) in [5.41, 5.74) is 2.07. The predicted octanol–water partition coefficient (Wildman–Crippen LogP) is 3.74. The van der Waals surface area contributed by atoms with Crippen molar-refractivity contribution in [3.63, 3.8) is 0 Å². The maximum Gasteiger partial charge on any atom is 0.123 e. The molecule has 1 fully saturated rings. The smallest absolute Gasteiger partial charge is 0.123 e. The number of anilines is 1. The summed E-state index contributed by atoms with van der Waals surface area (Å²) < 4.78 is 13.7. The first-order valence-electron chi connectivity index (χ1n) is 7.87. The van der Waals surface area contributed by atoms with E-state index in [0.29, 0.717) is 6.54 Å². The monoisotopic (exact) mass is 288 g/mol. The number of nitrogens with one attached hydrogen (secondary N) is 1. The fourth-order valence-corrected chi connectivity index (χ4v) is 2.60. The fraction of sp³-hybridized carbons (Fsp3) is 0.556. The summed E-state index contributed by atoms with van der Waals surface area (Å²) >= 11 is 0. The molecule has 1 saturated carbocycles. The summed E-state index contributed by atoms with van der Waals surface area (Å²) in [5.74, 6) is 3.29. The molecule has 0 heterocycles. The summed E-state index contributed by atoms with van der Waals surface area (Å²) in [4.78, 5) is 2.22. The molecule has 1 aromatic rings. The third kappa shape index (κ3) is 4.47. The molecule has 1 unspecified atom stereocenters. The van der Waals surface area contributed by atoms with Crippen LogP contribution in [0.3, 0.4) is 0 Å². The van der Waals surface area contributed by atoms with Crippen LogP contribution < -0.4 is 10.2 Å². The van der Waals surface area contributed by atoms with Crippen LogP contribution in [-0.2, 0) is 0 Å². The van der Waals surface area contributed by atoms with Crippen LogP contribution in [0.2, 0.25) is 0 Å². The summed E-state index contributed by atoms with van der Waals surface area (Å²) in [7, 11) is 0. The Morgan fingerprint density at radius 2 is 2.24 bits per heavy atom. The van der Waals surface area contributed by atoms with Gasteiger partial charge in [-0.05, 0) is 62.4 Å². The molecule has 0 bridgehead atoms. The van der Waals surface area contributed by atoms with Gasteiger partial charge in [0.15, 0.2) is 0 Å². The molecule has 0 spiro atoms. The lowest BCUT2D eigenvalue weighted by molar-refractivity contribution is 0.560. The first-order valence-corrected chi connectivity index (χ1v) is 7.87. The van der Waals surface area contributed by atoms with Gasteiger partial charge in [0.1, 0.15) is 5.82 Å². The highest BCUT2D eigenvalue weighted by Crippen LogP contribution is 2.34. The van der Waals surface area contributed by atoms with Gasteiger partial charge in [-0.2, -0.15) is 0 Å². The van der Waals surface area contributed by atoms with Gasteiger partial charge in [0.05, 0.1) is 6.54 Å².